The number of carboxylic acids is 1. The molecule has 2 heterocycles. The molecule has 0 saturated heterocycles. The summed E-state index contributed by atoms with van der Waals surface area (Å²) >= 11 is 1.47. The number of fused-ring (bicyclic) bond motifs is 1. The van der Waals surface area contributed by atoms with Crippen LogP contribution in [-0.2, 0) is 10.5 Å². The molecule has 0 aliphatic heterocycles. The summed E-state index contributed by atoms with van der Waals surface area (Å²) in [6.45, 7) is 0. The highest BCUT2D eigenvalue weighted by Crippen LogP contribution is 2.26. The number of pyridine rings is 1. The molecule has 0 spiro atoms. The van der Waals surface area contributed by atoms with Gasteiger partial charge >= 0.3 is 5.97 Å². The summed E-state index contributed by atoms with van der Waals surface area (Å²) in [7, 11) is 0. The maximum Gasteiger partial charge on any atom is 0.336 e. The molecule has 2 aromatic carbocycles. The molecular weight excluding hydrogens is 400 g/mol. The zero-order valence-corrected chi connectivity index (χ0v) is 16.7. The van der Waals surface area contributed by atoms with Gasteiger partial charge in [0, 0.05) is 16.6 Å². The zero-order chi connectivity index (χ0) is 20.9. The molecule has 150 valence electrons. The predicted octanol–water partition coefficient (Wildman–Crippen LogP) is 5.06. The molecule has 7 heteroatoms. The Labute approximate surface area is 176 Å². The Morgan fingerprint density at radius 3 is 2.57 bits per heavy atom. The lowest BCUT2D eigenvalue weighted by atomic mass is 10.0. The number of para-hydroxylation sites is 1. The monoisotopic (exact) mass is 418 g/mol. The molecule has 0 fully saturated rings. The minimum absolute atomic E-state index is 0.101. The van der Waals surface area contributed by atoms with Gasteiger partial charge in [0.25, 0.3) is 0 Å². The number of carboxylic acid groups (broad SMARTS) is 1. The smallest absolute Gasteiger partial charge is 0.336 e. The molecular formula is C23H18N2O4S. The number of furan rings is 1. The Hall–Kier alpha value is -3.58. The van der Waals surface area contributed by atoms with E-state index in [4.69, 9.17) is 4.42 Å². The third-order valence-corrected chi connectivity index (χ3v) is 5.42. The molecule has 30 heavy (non-hydrogen) atoms. The fraction of sp³-hybridized carbons (Fsp3) is 0.0870. The number of rotatable bonds is 7. The lowest BCUT2D eigenvalue weighted by Gasteiger charge is -2.09. The van der Waals surface area contributed by atoms with Crippen molar-refractivity contribution in [3.8, 4) is 11.3 Å². The van der Waals surface area contributed by atoms with Gasteiger partial charge in [-0.2, -0.15) is 0 Å². The van der Waals surface area contributed by atoms with E-state index in [-0.39, 0.29) is 11.5 Å². The molecule has 0 bridgehead atoms. The predicted molar refractivity (Wildman–Crippen MR) is 118 cm³/mol. The van der Waals surface area contributed by atoms with Crippen molar-refractivity contribution >= 4 is 40.2 Å². The average molecular weight is 418 g/mol. The van der Waals surface area contributed by atoms with Gasteiger partial charge in [-0.1, -0.05) is 30.3 Å². The van der Waals surface area contributed by atoms with Crippen LogP contribution in [0, 0.1) is 0 Å². The number of nitrogens with zero attached hydrogens (tertiary/aromatic N) is 1. The molecule has 2 aromatic heterocycles. The third-order valence-electron chi connectivity index (χ3n) is 4.47. The summed E-state index contributed by atoms with van der Waals surface area (Å²) in [4.78, 5) is 28.4. The van der Waals surface area contributed by atoms with E-state index in [9.17, 15) is 14.7 Å². The van der Waals surface area contributed by atoms with Gasteiger partial charge in [0.05, 0.1) is 34.5 Å². The number of hydrogen-bond acceptors (Lipinski definition) is 5. The number of nitrogens with one attached hydrogen (secondary N) is 1. The van der Waals surface area contributed by atoms with Crippen LogP contribution in [0.15, 0.2) is 77.4 Å². The lowest BCUT2D eigenvalue weighted by Crippen LogP contribution is -2.14. The highest BCUT2D eigenvalue weighted by atomic mass is 32.2. The van der Waals surface area contributed by atoms with Gasteiger partial charge in [0.2, 0.25) is 5.91 Å². The topological polar surface area (TPSA) is 92.4 Å². The SMILES string of the molecule is O=C(CSCc1ccco1)Nc1ccc(-c2cc(C(=O)O)c3ccccc3n2)cc1. The van der Waals surface area contributed by atoms with Crippen LogP contribution in [0.2, 0.25) is 0 Å². The van der Waals surface area contributed by atoms with Crippen LogP contribution in [0.1, 0.15) is 16.1 Å². The van der Waals surface area contributed by atoms with E-state index in [1.54, 1.807) is 42.7 Å². The number of hydrogen-bond donors (Lipinski definition) is 2. The van der Waals surface area contributed by atoms with Crippen molar-refractivity contribution in [2.24, 2.45) is 0 Å². The van der Waals surface area contributed by atoms with Crippen molar-refractivity contribution in [3.05, 3.63) is 84.3 Å². The van der Waals surface area contributed by atoms with Crippen LogP contribution in [0.3, 0.4) is 0 Å². The van der Waals surface area contributed by atoms with Crippen LogP contribution >= 0.6 is 11.8 Å². The minimum Gasteiger partial charge on any atom is -0.478 e. The van der Waals surface area contributed by atoms with Crippen molar-refractivity contribution < 1.29 is 19.1 Å². The quantitative estimate of drug-likeness (QED) is 0.436. The highest BCUT2D eigenvalue weighted by molar-refractivity contribution is 7.99. The Balaban J connectivity index is 1.45. The summed E-state index contributed by atoms with van der Waals surface area (Å²) in [6, 6.07) is 19.6. The van der Waals surface area contributed by atoms with E-state index in [0.29, 0.717) is 33.8 Å². The van der Waals surface area contributed by atoms with E-state index < -0.39 is 5.97 Å². The molecule has 0 radical (unpaired) electrons. The summed E-state index contributed by atoms with van der Waals surface area (Å²) in [5.74, 6) is 0.693. The summed E-state index contributed by atoms with van der Waals surface area (Å²) in [5, 5.41) is 13.0. The van der Waals surface area contributed by atoms with E-state index in [1.807, 2.05) is 30.3 Å². The average Bonchev–Trinajstić information content (AvgIpc) is 3.27. The van der Waals surface area contributed by atoms with E-state index in [0.717, 1.165) is 11.3 Å². The van der Waals surface area contributed by atoms with Crippen molar-refractivity contribution in [2.45, 2.75) is 5.75 Å². The van der Waals surface area contributed by atoms with Crippen molar-refractivity contribution in [3.63, 3.8) is 0 Å². The van der Waals surface area contributed by atoms with Crippen molar-refractivity contribution in [2.75, 3.05) is 11.1 Å². The number of benzene rings is 2. The first-order chi connectivity index (χ1) is 14.6. The number of aromatic nitrogens is 1. The Morgan fingerprint density at radius 1 is 1.03 bits per heavy atom. The Kier molecular flexibility index (Phi) is 5.81. The summed E-state index contributed by atoms with van der Waals surface area (Å²) < 4.78 is 5.24. The van der Waals surface area contributed by atoms with Gasteiger partial charge in [0.15, 0.2) is 0 Å². The highest BCUT2D eigenvalue weighted by Gasteiger charge is 2.13. The zero-order valence-electron chi connectivity index (χ0n) is 15.9. The fourth-order valence-corrected chi connectivity index (χ4v) is 3.79. The van der Waals surface area contributed by atoms with Gasteiger partial charge in [0.1, 0.15) is 5.76 Å². The third kappa shape index (κ3) is 4.52. The van der Waals surface area contributed by atoms with Crippen LogP contribution < -0.4 is 5.32 Å². The second-order valence-electron chi connectivity index (χ2n) is 6.58. The normalized spacial score (nSPS) is 10.8. The molecule has 4 rings (SSSR count). The first-order valence-electron chi connectivity index (χ1n) is 9.23. The van der Waals surface area contributed by atoms with E-state index in [2.05, 4.69) is 10.3 Å². The molecule has 6 nitrogen and oxygen atoms in total. The Bertz CT molecular complexity index is 1190. The second-order valence-corrected chi connectivity index (χ2v) is 7.56. The van der Waals surface area contributed by atoms with Crippen LogP contribution in [0.25, 0.3) is 22.2 Å². The first-order valence-corrected chi connectivity index (χ1v) is 10.4. The first kappa shape index (κ1) is 19.7. The number of thioether (sulfide) groups is 1. The maximum atomic E-state index is 12.1. The number of carbonyl (C=O) groups excluding carboxylic acids is 1. The lowest BCUT2D eigenvalue weighted by molar-refractivity contribution is -0.113. The molecule has 0 unspecified atom stereocenters. The van der Waals surface area contributed by atoms with Gasteiger partial charge < -0.3 is 14.8 Å². The standard InChI is InChI=1S/C23H18N2O4S/c26-22(14-30-13-17-4-3-11-29-17)24-16-9-7-15(8-10-16)21-12-19(23(27)28)18-5-1-2-6-20(18)25-21/h1-12H,13-14H2,(H,24,26)(H,27,28). The fourth-order valence-electron chi connectivity index (χ4n) is 3.06. The van der Waals surface area contributed by atoms with E-state index in [1.165, 1.54) is 11.8 Å². The minimum atomic E-state index is -0.995. The molecule has 4 aromatic rings. The molecule has 0 aliphatic rings. The molecule has 0 saturated carbocycles. The maximum absolute atomic E-state index is 12.1. The summed E-state index contributed by atoms with van der Waals surface area (Å²) in [5.41, 5.74) is 2.84. The van der Waals surface area contributed by atoms with Gasteiger partial charge in [-0.05, 0) is 36.4 Å². The summed E-state index contributed by atoms with van der Waals surface area (Å²) in [6.07, 6.45) is 1.61. The molecule has 1 amide bonds. The molecule has 0 atom stereocenters. The van der Waals surface area contributed by atoms with Gasteiger partial charge in [-0.25, -0.2) is 9.78 Å². The Morgan fingerprint density at radius 2 is 1.83 bits per heavy atom. The largest absolute Gasteiger partial charge is 0.478 e. The number of anilines is 1. The number of amides is 1. The molecule has 0 aliphatic carbocycles. The molecule has 2 N–H and O–H groups in total. The van der Waals surface area contributed by atoms with Crippen LogP contribution in [0.4, 0.5) is 5.69 Å². The van der Waals surface area contributed by atoms with E-state index >= 15 is 0 Å². The van der Waals surface area contributed by atoms with Gasteiger partial charge in [-0.15, -0.1) is 11.8 Å². The van der Waals surface area contributed by atoms with Crippen LogP contribution in [0.5, 0.6) is 0 Å². The van der Waals surface area contributed by atoms with Crippen LogP contribution in [-0.4, -0.2) is 27.7 Å². The van der Waals surface area contributed by atoms with Crippen molar-refractivity contribution in [1.29, 1.82) is 0 Å². The second kappa shape index (κ2) is 8.84. The number of carbonyl (C=O) groups is 2. The number of aromatic carboxylic acids is 1. The van der Waals surface area contributed by atoms with Crippen molar-refractivity contribution in [1.82, 2.24) is 4.98 Å². The van der Waals surface area contributed by atoms with Gasteiger partial charge in [-0.3, -0.25) is 4.79 Å².